The summed E-state index contributed by atoms with van der Waals surface area (Å²) in [4.78, 5) is 2.80. The van der Waals surface area contributed by atoms with Crippen LogP contribution in [0.4, 0.5) is 5.69 Å². The van der Waals surface area contributed by atoms with E-state index in [9.17, 15) is 0 Å². The van der Waals surface area contributed by atoms with Crippen molar-refractivity contribution in [1.29, 1.82) is 0 Å². The Labute approximate surface area is 87.4 Å². The maximum absolute atomic E-state index is 8.42. The van der Waals surface area contributed by atoms with Gasteiger partial charge in [-0.05, 0) is 36.2 Å². The number of nitrogens with zero attached hydrogens (tertiary/aromatic N) is 4. The number of hydrogen-bond donors (Lipinski definition) is 0. The van der Waals surface area contributed by atoms with Crippen molar-refractivity contribution in [2.24, 2.45) is 5.11 Å². The summed E-state index contributed by atoms with van der Waals surface area (Å²) in [6.45, 7) is 1.94. The molecule has 0 saturated heterocycles. The fourth-order valence-corrected chi connectivity index (χ4v) is 1.54. The van der Waals surface area contributed by atoms with Crippen molar-refractivity contribution in [3.8, 4) is 5.69 Å². The fourth-order valence-electron chi connectivity index (χ4n) is 1.54. The Balaban J connectivity index is 2.59. The average molecular weight is 198 g/mol. The van der Waals surface area contributed by atoms with Gasteiger partial charge in [-0.25, -0.2) is 0 Å². The van der Waals surface area contributed by atoms with E-state index in [1.54, 1.807) is 0 Å². The first-order valence-electron chi connectivity index (χ1n) is 4.61. The van der Waals surface area contributed by atoms with Gasteiger partial charge in [-0.15, -0.1) is 0 Å². The van der Waals surface area contributed by atoms with Crippen LogP contribution in [0.2, 0.25) is 0 Å². The molecule has 0 aliphatic rings. The molecule has 0 saturated carbocycles. The fraction of sp³-hybridized carbons (Fsp3) is 0.0909. The molecule has 4 nitrogen and oxygen atoms in total. The normalized spacial score (nSPS) is 9.67. The minimum absolute atomic E-state index is 0.670. The third kappa shape index (κ3) is 1.71. The van der Waals surface area contributed by atoms with Crippen LogP contribution in [0.3, 0.4) is 0 Å². The zero-order valence-electron chi connectivity index (χ0n) is 8.33. The van der Waals surface area contributed by atoms with Gasteiger partial charge in [0.1, 0.15) is 0 Å². The van der Waals surface area contributed by atoms with Crippen molar-refractivity contribution in [1.82, 2.24) is 4.57 Å². The topological polar surface area (TPSA) is 53.7 Å². The van der Waals surface area contributed by atoms with Gasteiger partial charge in [0, 0.05) is 28.7 Å². The molecule has 0 aliphatic carbocycles. The van der Waals surface area contributed by atoms with Crippen molar-refractivity contribution >= 4 is 5.69 Å². The minimum atomic E-state index is 0.670. The molecule has 1 heterocycles. The molecular formula is C11H10N4. The maximum Gasteiger partial charge on any atom is 0.0483 e. The molecule has 15 heavy (non-hydrogen) atoms. The standard InChI is InChI=1S/C11H10N4/c1-9-10(13-14-12)5-4-6-11(9)15-7-2-3-8-15/h2-8H,1H3. The van der Waals surface area contributed by atoms with Gasteiger partial charge in [-0.2, -0.15) is 0 Å². The number of benzene rings is 1. The van der Waals surface area contributed by atoms with Gasteiger partial charge in [0.25, 0.3) is 0 Å². The molecule has 0 fully saturated rings. The molecule has 1 aromatic carbocycles. The molecule has 0 atom stereocenters. The Kier molecular flexibility index (Phi) is 2.44. The number of azide groups is 1. The molecule has 0 spiro atoms. The van der Waals surface area contributed by atoms with Gasteiger partial charge in [0.15, 0.2) is 0 Å². The number of rotatable bonds is 2. The smallest absolute Gasteiger partial charge is 0.0483 e. The van der Waals surface area contributed by atoms with Crippen LogP contribution < -0.4 is 0 Å². The average Bonchev–Trinajstić information content (AvgIpc) is 2.74. The monoisotopic (exact) mass is 198 g/mol. The first kappa shape index (κ1) is 9.37. The van der Waals surface area contributed by atoms with E-state index in [1.165, 1.54) is 0 Å². The molecule has 4 heteroatoms. The van der Waals surface area contributed by atoms with Crippen LogP contribution in [0, 0.1) is 6.92 Å². The predicted molar refractivity (Wildman–Crippen MR) is 59.3 cm³/mol. The van der Waals surface area contributed by atoms with Gasteiger partial charge in [0.05, 0.1) is 0 Å². The molecule has 0 unspecified atom stereocenters. The third-order valence-corrected chi connectivity index (χ3v) is 2.31. The van der Waals surface area contributed by atoms with Gasteiger partial charge in [-0.3, -0.25) is 0 Å². The van der Waals surface area contributed by atoms with E-state index in [4.69, 9.17) is 5.53 Å². The Morgan fingerprint density at radius 1 is 1.20 bits per heavy atom. The summed E-state index contributed by atoms with van der Waals surface area (Å²) in [5.41, 5.74) is 11.1. The van der Waals surface area contributed by atoms with E-state index < -0.39 is 0 Å². The highest BCUT2D eigenvalue weighted by Gasteiger charge is 2.02. The second kappa shape index (κ2) is 3.90. The summed E-state index contributed by atoms with van der Waals surface area (Å²) in [5, 5.41) is 3.64. The second-order valence-corrected chi connectivity index (χ2v) is 3.20. The Hall–Kier alpha value is -2.19. The van der Waals surface area contributed by atoms with Crippen LogP contribution in [0.5, 0.6) is 0 Å². The van der Waals surface area contributed by atoms with Crippen molar-refractivity contribution in [3.05, 3.63) is 58.7 Å². The van der Waals surface area contributed by atoms with E-state index in [-0.39, 0.29) is 0 Å². The second-order valence-electron chi connectivity index (χ2n) is 3.20. The summed E-state index contributed by atoms with van der Waals surface area (Å²) in [7, 11) is 0. The Morgan fingerprint density at radius 3 is 2.60 bits per heavy atom. The van der Waals surface area contributed by atoms with Crippen LogP contribution in [-0.4, -0.2) is 4.57 Å². The van der Waals surface area contributed by atoms with Crippen molar-refractivity contribution in [2.45, 2.75) is 6.92 Å². The summed E-state index contributed by atoms with van der Waals surface area (Å²) >= 11 is 0. The van der Waals surface area contributed by atoms with Crippen molar-refractivity contribution < 1.29 is 0 Å². The number of hydrogen-bond acceptors (Lipinski definition) is 1. The molecule has 2 rings (SSSR count). The van der Waals surface area contributed by atoms with Crippen molar-refractivity contribution in [3.63, 3.8) is 0 Å². The maximum atomic E-state index is 8.42. The molecule has 0 bridgehead atoms. The minimum Gasteiger partial charge on any atom is -0.324 e. The molecule has 74 valence electrons. The van der Waals surface area contributed by atoms with E-state index in [0.717, 1.165) is 11.3 Å². The summed E-state index contributed by atoms with van der Waals surface area (Å²) in [5.74, 6) is 0. The Bertz CT molecular complexity index is 507. The molecule has 2 aromatic rings. The van der Waals surface area contributed by atoms with E-state index >= 15 is 0 Å². The van der Waals surface area contributed by atoms with Gasteiger partial charge < -0.3 is 4.57 Å². The quantitative estimate of drug-likeness (QED) is 0.401. The molecule has 0 N–H and O–H groups in total. The van der Waals surface area contributed by atoms with Gasteiger partial charge in [0.2, 0.25) is 0 Å². The van der Waals surface area contributed by atoms with E-state index in [0.29, 0.717) is 5.69 Å². The zero-order chi connectivity index (χ0) is 10.7. The van der Waals surface area contributed by atoms with Crippen LogP contribution >= 0.6 is 0 Å². The lowest BCUT2D eigenvalue weighted by Crippen LogP contribution is -1.92. The van der Waals surface area contributed by atoms with Gasteiger partial charge in [-0.1, -0.05) is 17.2 Å². The van der Waals surface area contributed by atoms with E-state index in [2.05, 4.69) is 10.0 Å². The van der Waals surface area contributed by atoms with E-state index in [1.807, 2.05) is 54.2 Å². The summed E-state index contributed by atoms with van der Waals surface area (Å²) in [6.07, 6.45) is 3.92. The molecule has 0 aliphatic heterocycles. The molecule has 0 amide bonds. The lowest BCUT2D eigenvalue weighted by Gasteiger charge is -2.08. The third-order valence-electron chi connectivity index (χ3n) is 2.31. The zero-order valence-corrected chi connectivity index (χ0v) is 8.33. The summed E-state index contributed by atoms with van der Waals surface area (Å²) in [6, 6.07) is 9.60. The lowest BCUT2D eigenvalue weighted by atomic mass is 10.1. The molecular weight excluding hydrogens is 188 g/mol. The van der Waals surface area contributed by atoms with Crippen LogP contribution in [0.1, 0.15) is 5.56 Å². The predicted octanol–water partition coefficient (Wildman–Crippen LogP) is 3.73. The lowest BCUT2D eigenvalue weighted by molar-refractivity contribution is 1.06. The highest BCUT2D eigenvalue weighted by atomic mass is 15.1. The highest BCUT2D eigenvalue weighted by molar-refractivity contribution is 5.56. The first-order chi connectivity index (χ1) is 7.33. The van der Waals surface area contributed by atoms with Crippen LogP contribution in [0.15, 0.2) is 47.8 Å². The van der Waals surface area contributed by atoms with Crippen molar-refractivity contribution in [2.75, 3.05) is 0 Å². The summed E-state index contributed by atoms with van der Waals surface area (Å²) < 4.78 is 1.99. The highest BCUT2D eigenvalue weighted by Crippen LogP contribution is 2.24. The molecule has 1 aromatic heterocycles. The van der Waals surface area contributed by atoms with Crippen LogP contribution in [-0.2, 0) is 0 Å². The van der Waals surface area contributed by atoms with Crippen LogP contribution in [0.25, 0.3) is 16.1 Å². The SMILES string of the molecule is Cc1c(N=[N+]=[N-])cccc1-n1cccc1. The molecule has 0 radical (unpaired) electrons. The van der Waals surface area contributed by atoms with Gasteiger partial charge >= 0.3 is 0 Å². The first-order valence-corrected chi connectivity index (χ1v) is 4.61. The Morgan fingerprint density at radius 2 is 1.93 bits per heavy atom. The largest absolute Gasteiger partial charge is 0.324 e. The number of aromatic nitrogens is 1.